The Bertz CT molecular complexity index is 484. The highest BCUT2D eigenvalue weighted by atomic mass is 127. The number of halogens is 1. The van der Waals surface area contributed by atoms with Gasteiger partial charge in [0.2, 0.25) is 5.91 Å². The molecule has 1 heterocycles. The molecule has 0 aromatic carbocycles. The Balaban J connectivity index is 1.41. The Morgan fingerprint density at radius 1 is 1.40 bits per heavy atom. The van der Waals surface area contributed by atoms with Gasteiger partial charge in [-0.3, -0.25) is 4.79 Å². The van der Waals surface area contributed by atoms with Crippen molar-refractivity contribution in [3.8, 4) is 0 Å². The maximum Gasteiger partial charge on any atom is 0.220 e. The fourth-order valence-corrected chi connectivity index (χ4v) is 4.91. The van der Waals surface area contributed by atoms with Crippen molar-refractivity contribution < 1.29 is 4.79 Å². The topological polar surface area (TPSA) is 41.1 Å². The average molecular weight is 404 g/mol. The van der Waals surface area contributed by atoms with Gasteiger partial charge in [-0.1, -0.05) is 0 Å². The molecule has 0 radical (unpaired) electrons. The lowest BCUT2D eigenvalue weighted by Gasteiger charge is -2.23. The molecule has 5 heteroatoms. The molecule has 2 aliphatic rings. The predicted molar refractivity (Wildman–Crippen MR) is 91.1 cm³/mol. The van der Waals surface area contributed by atoms with Gasteiger partial charge < -0.3 is 10.6 Å². The van der Waals surface area contributed by atoms with E-state index in [1.807, 2.05) is 11.3 Å². The minimum Gasteiger partial charge on any atom is -0.353 e. The molecule has 0 bridgehead atoms. The van der Waals surface area contributed by atoms with Crippen molar-refractivity contribution in [1.29, 1.82) is 0 Å². The lowest BCUT2D eigenvalue weighted by atomic mass is 9.94. The second-order valence-corrected chi connectivity index (χ2v) is 8.80. The molecular formula is C15H21IN2OS. The summed E-state index contributed by atoms with van der Waals surface area (Å²) < 4.78 is 1.39. The summed E-state index contributed by atoms with van der Waals surface area (Å²) in [5, 5.41) is 6.68. The van der Waals surface area contributed by atoms with Crippen LogP contribution in [0.2, 0.25) is 0 Å². The molecule has 0 aliphatic heterocycles. The van der Waals surface area contributed by atoms with Crippen molar-refractivity contribution in [3.63, 3.8) is 0 Å². The molecule has 0 spiro atoms. The number of hydrogen-bond donors (Lipinski definition) is 2. The van der Waals surface area contributed by atoms with Crippen molar-refractivity contribution in [3.05, 3.63) is 19.4 Å². The van der Waals surface area contributed by atoms with Crippen LogP contribution >= 0.6 is 33.9 Å². The van der Waals surface area contributed by atoms with E-state index < -0.39 is 0 Å². The summed E-state index contributed by atoms with van der Waals surface area (Å²) in [5.41, 5.74) is 1.51. The van der Waals surface area contributed by atoms with Gasteiger partial charge in [0.1, 0.15) is 0 Å². The molecule has 1 aromatic rings. The number of carbonyl (C=O) groups excluding carboxylic acids is 1. The number of fused-ring (bicyclic) bond motifs is 1. The standard InChI is InChI=1S/C15H21IN2OS/c16-14-9-11-12(3-1-4-13(11)20-14)17-8-2-5-15(19)18-10-6-7-10/h9-10,12,17H,1-8H2,(H,18,19). The van der Waals surface area contributed by atoms with Crippen LogP contribution in [0.25, 0.3) is 0 Å². The Morgan fingerprint density at radius 2 is 2.25 bits per heavy atom. The van der Waals surface area contributed by atoms with Crippen LogP contribution in [0.3, 0.4) is 0 Å². The highest BCUT2D eigenvalue weighted by Gasteiger charge is 2.23. The van der Waals surface area contributed by atoms with Crippen molar-refractivity contribution in [1.82, 2.24) is 10.6 Å². The van der Waals surface area contributed by atoms with Gasteiger partial charge >= 0.3 is 0 Å². The minimum absolute atomic E-state index is 0.226. The summed E-state index contributed by atoms with van der Waals surface area (Å²) in [6, 6.07) is 3.33. The van der Waals surface area contributed by atoms with Crippen LogP contribution in [0.1, 0.15) is 55.0 Å². The molecule has 3 rings (SSSR count). The predicted octanol–water partition coefficient (Wildman–Crippen LogP) is 3.38. The number of aryl methyl sites for hydroxylation is 1. The van der Waals surface area contributed by atoms with Gasteiger partial charge in [-0.15, -0.1) is 11.3 Å². The molecule has 2 N–H and O–H groups in total. The first-order valence-electron chi connectivity index (χ1n) is 7.53. The largest absolute Gasteiger partial charge is 0.353 e. The van der Waals surface area contributed by atoms with Gasteiger partial charge in [0, 0.05) is 23.4 Å². The molecule has 3 nitrogen and oxygen atoms in total. The molecule has 1 aromatic heterocycles. The summed E-state index contributed by atoms with van der Waals surface area (Å²) in [4.78, 5) is 13.2. The highest BCUT2D eigenvalue weighted by molar-refractivity contribution is 14.1. The molecular weight excluding hydrogens is 383 g/mol. The third-order valence-corrected chi connectivity index (χ3v) is 5.97. The number of thiophene rings is 1. The summed E-state index contributed by atoms with van der Waals surface area (Å²) in [6.45, 7) is 0.939. The summed E-state index contributed by atoms with van der Waals surface area (Å²) in [5.74, 6) is 0.226. The van der Waals surface area contributed by atoms with E-state index >= 15 is 0 Å². The van der Waals surface area contributed by atoms with Crippen LogP contribution in [0.5, 0.6) is 0 Å². The number of hydrogen-bond acceptors (Lipinski definition) is 3. The van der Waals surface area contributed by atoms with E-state index in [4.69, 9.17) is 0 Å². The fourth-order valence-electron chi connectivity index (χ4n) is 2.79. The lowest BCUT2D eigenvalue weighted by molar-refractivity contribution is -0.121. The van der Waals surface area contributed by atoms with Crippen molar-refractivity contribution >= 4 is 39.8 Å². The highest BCUT2D eigenvalue weighted by Crippen LogP contribution is 2.36. The van der Waals surface area contributed by atoms with Crippen LogP contribution in [-0.2, 0) is 11.2 Å². The van der Waals surface area contributed by atoms with Crippen molar-refractivity contribution in [2.24, 2.45) is 0 Å². The number of rotatable bonds is 6. The molecule has 110 valence electrons. The van der Waals surface area contributed by atoms with Gasteiger partial charge in [0.25, 0.3) is 0 Å². The van der Waals surface area contributed by atoms with E-state index in [-0.39, 0.29) is 5.91 Å². The molecule has 1 saturated carbocycles. The molecule has 1 unspecified atom stereocenters. The molecule has 0 saturated heterocycles. The summed E-state index contributed by atoms with van der Waals surface area (Å²) in [7, 11) is 0. The van der Waals surface area contributed by atoms with E-state index in [1.54, 1.807) is 4.88 Å². The maximum absolute atomic E-state index is 11.6. The summed E-state index contributed by atoms with van der Waals surface area (Å²) in [6.07, 6.45) is 7.69. The van der Waals surface area contributed by atoms with E-state index in [9.17, 15) is 4.79 Å². The second kappa shape index (κ2) is 6.75. The minimum atomic E-state index is 0.226. The zero-order valence-electron chi connectivity index (χ0n) is 11.6. The van der Waals surface area contributed by atoms with E-state index in [0.717, 1.165) is 13.0 Å². The van der Waals surface area contributed by atoms with Crippen molar-refractivity contribution in [2.45, 2.75) is 57.0 Å². The Labute approximate surface area is 138 Å². The van der Waals surface area contributed by atoms with E-state index in [2.05, 4.69) is 39.3 Å². The molecule has 20 heavy (non-hydrogen) atoms. The van der Waals surface area contributed by atoms with Gasteiger partial charge in [0.05, 0.1) is 2.88 Å². The van der Waals surface area contributed by atoms with Gasteiger partial charge in [0.15, 0.2) is 0 Å². The monoisotopic (exact) mass is 404 g/mol. The van der Waals surface area contributed by atoms with Crippen LogP contribution in [-0.4, -0.2) is 18.5 Å². The molecule has 1 fully saturated rings. The summed E-state index contributed by atoms with van der Waals surface area (Å²) >= 11 is 4.35. The first-order chi connectivity index (χ1) is 9.72. The van der Waals surface area contributed by atoms with Gasteiger partial charge in [-0.05, 0) is 79.3 Å². The SMILES string of the molecule is O=C(CCCNC1CCCc2sc(I)cc21)NC1CC1. The average Bonchev–Trinajstić information content (AvgIpc) is 3.13. The third kappa shape index (κ3) is 3.95. The van der Waals surface area contributed by atoms with Crippen LogP contribution < -0.4 is 10.6 Å². The Hall–Kier alpha value is -0.140. The normalized spacial score (nSPS) is 21.6. The zero-order valence-corrected chi connectivity index (χ0v) is 14.6. The molecule has 1 amide bonds. The zero-order chi connectivity index (χ0) is 13.9. The number of amides is 1. The van der Waals surface area contributed by atoms with Gasteiger partial charge in [-0.2, -0.15) is 0 Å². The molecule has 1 atom stereocenters. The Kier molecular flexibility index (Phi) is 4.99. The van der Waals surface area contributed by atoms with Crippen LogP contribution in [0.4, 0.5) is 0 Å². The van der Waals surface area contributed by atoms with Crippen LogP contribution in [0.15, 0.2) is 6.07 Å². The maximum atomic E-state index is 11.6. The fraction of sp³-hybridized carbons (Fsp3) is 0.667. The number of nitrogens with one attached hydrogen (secondary N) is 2. The van der Waals surface area contributed by atoms with E-state index in [1.165, 1.54) is 40.6 Å². The first-order valence-corrected chi connectivity index (χ1v) is 9.43. The molecule has 2 aliphatic carbocycles. The lowest BCUT2D eigenvalue weighted by Crippen LogP contribution is -2.28. The third-order valence-electron chi connectivity index (χ3n) is 4.00. The van der Waals surface area contributed by atoms with E-state index in [0.29, 0.717) is 18.5 Å². The first kappa shape index (κ1) is 14.8. The smallest absolute Gasteiger partial charge is 0.220 e. The van der Waals surface area contributed by atoms with Crippen LogP contribution in [0, 0.1) is 2.88 Å². The number of carbonyl (C=O) groups is 1. The van der Waals surface area contributed by atoms with Gasteiger partial charge in [-0.25, -0.2) is 0 Å². The second-order valence-electron chi connectivity index (χ2n) is 5.77. The Morgan fingerprint density at radius 3 is 3.05 bits per heavy atom. The quantitative estimate of drug-likeness (QED) is 0.564. The van der Waals surface area contributed by atoms with Crippen molar-refractivity contribution in [2.75, 3.05) is 6.54 Å².